The van der Waals surface area contributed by atoms with E-state index in [1.54, 1.807) is 0 Å². The summed E-state index contributed by atoms with van der Waals surface area (Å²) < 4.78 is 42.0. The Morgan fingerprint density at radius 1 is 0.656 bits per heavy atom. The minimum Gasteiger partial charge on any atom is -0.394 e. The van der Waals surface area contributed by atoms with E-state index in [0.717, 1.165) is 0 Å². The van der Waals surface area contributed by atoms with Gasteiger partial charge in [0.2, 0.25) is 0 Å². The van der Waals surface area contributed by atoms with E-state index in [9.17, 15) is 9.13 Å². The minimum atomic E-state index is -4.13. The molecule has 0 aliphatic carbocycles. The number of hydrogen-bond donors (Lipinski definition) is 6. The van der Waals surface area contributed by atoms with E-state index in [1.165, 1.54) is 0 Å². The highest BCUT2D eigenvalue weighted by Crippen LogP contribution is 2.43. The Labute approximate surface area is 189 Å². The van der Waals surface area contributed by atoms with E-state index in [2.05, 4.69) is 18.1 Å². The summed E-state index contributed by atoms with van der Waals surface area (Å²) in [5.74, 6) is 0. The first kappa shape index (κ1) is 34.1. The highest BCUT2D eigenvalue weighted by molar-refractivity contribution is 7.47. The van der Waals surface area contributed by atoms with Crippen LogP contribution in [0, 0.1) is 0 Å². The average molecular weight is 516 g/mol. The van der Waals surface area contributed by atoms with Crippen molar-refractivity contribution in [3.63, 3.8) is 0 Å². The molecule has 196 valence electrons. The van der Waals surface area contributed by atoms with Crippen LogP contribution in [0.2, 0.25) is 0 Å². The molecule has 6 N–H and O–H groups in total. The second-order valence-electron chi connectivity index (χ2n) is 8.90. The maximum Gasteiger partial charge on any atom is 0.472 e. The van der Waals surface area contributed by atoms with Gasteiger partial charge in [-0.1, -0.05) is 0 Å². The molecule has 2 unspecified atom stereocenters. The summed E-state index contributed by atoms with van der Waals surface area (Å²) >= 11 is 0. The second-order valence-corrected chi connectivity index (χ2v) is 11.8. The average Bonchev–Trinajstić information content (AvgIpc) is 2.62. The van der Waals surface area contributed by atoms with Crippen molar-refractivity contribution in [1.82, 2.24) is 0 Å². The Kier molecular flexibility index (Phi) is 16.9. The Bertz CT molecular complexity index is 532. The van der Waals surface area contributed by atoms with Crippen molar-refractivity contribution in [2.75, 3.05) is 95.0 Å². The summed E-state index contributed by atoms with van der Waals surface area (Å²) in [6, 6.07) is 0. The van der Waals surface area contributed by atoms with Crippen LogP contribution in [0.5, 0.6) is 0 Å². The molecule has 0 aliphatic rings. The van der Waals surface area contributed by atoms with Gasteiger partial charge in [0.15, 0.2) is 0 Å². The number of aliphatic hydroxyl groups is 4. The van der Waals surface area contributed by atoms with Crippen molar-refractivity contribution in [3.8, 4) is 0 Å². The normalized spacial score (nSPS) is 18.1. The predicted molar refractivity (Wildman–Crippen MR) is 115 cm³/mol. The van der Waals surface area contributed by atoms with Crippen LogP contribution in [0.1, 0.15) is 0 Å². The molecule has 0 rings (SSSR count). The Morgan fingerprint density at radius 2 is 0.938 bits per heavy atom. The van der Waals surface area contributed by atoms with Crippen LogP contribution < -0.4 is 0 Å². The summed E-state index contributed by atoms with van der Waals surface area (Å²) in [5.41, 5.74) is 0. The van der Waals surface area contributed by atoms with Gasteiger partial charge in [-0.25, -0.2) is 9.13 Å². The predicted octanol–water partition coefficient (Wildman–Crippen LogP) is -1.64. The topological polar surface area (TPSA) is 192 Å². The highest BCUT2D eigenvalue weighted by Gasteiger charge is 2.24. The zero-order valence-corrected chi connectivity index (χ0v) is 21.5. The lowest BCUT2D eigenvalue weighted by molar-refractivity contribution is -0.870. The van der Waals surface area contributed by atoms with E-state index < -0.39 is 54.3 Å². The maximum absolute atomic E-state index is 11.2. The number of phosphoric ester groups is 2. The summed E-state index contributed by atoms with van der Waals surface area (Å²) in [5, 5.41) is 34.8. The molecule has 0 fully saturated rings. The van der Waals surface area contributed by atoms with E-state index in [4.69, 9.17) is 30.2 Å². The first-order valence-electron chi connectivity index (χ1n) is 9.75. The monoisotopic (exact) mass is 516 g/mol. The molecule has 0 heterocycles. The molecule has 0 aromatic heterocycles. The van der Waals surface area contributed by atoms with Crippen molar-refractivity contribution >= 4 is 15.6 Å². The van der Waals surface area contributed by atoms with Crippen LogP contribution in [0.25, 0.3) is 0 Å². The molecule has 0 radical (unpaired) electrons. The highest BCUT2D eigenvalue weighted by atomic mass is 31.2. The lowest BCUT2D eigenvalue weighted by atomic mass is 10.4. The zero-order chi connectivity index (χ0) is 25.6. The number of aliphatic hydroxyl groups excluding tert-OH is 4. The van der Waals surface area contributed by atoms with Gasteiger partial charge in [0.1, 0.15) is 38.5 Å². The number of phosphoric acid groups is 2. The van der Waals surface area contributed by atoms with Crippen molar-refractivity contribution in [3.05, 3.63) is 0 Å². The van der Waals surface area contributed by atoms with Crippen LogP contribution in [0.15, 0.2) is 0 Å². The third kappa shape index (κ3) is 24.6. The van der Waals surface area contributed by atoms with Crippen molar-refractivity contribution in [2.24, 2.45) is 0 Å². The SMILES string of the molecule is C[N+](C)(C)CCOP(=O)(O)OC[C@H](O)CO.C[N+](C)(C)CCOP(=O)(O)OC[C@H](O)CO. The molecule has 0 amide bonds. The lowest BCUT2D eigenvalue weighted by Crippen LogP contribution is -2.37. The molecular formula is C16H42N2O12P2+2. The first-order chi connectivity index (χ1) is 14.3. The standard InChI is InChI=1S/2C8H20NO6P/c2*1-9(2,3)4-5-14-16(12,13)15-7-8(11)6-10/h2*8,10-11H,4-7H2,1-3H3/p+2/t2*8-/m11/s1. The fraction of sp³-hybridized carbons (Fsp3) is 1.00. The third-order valence-corrected chi connectivity index (χ3v) is 5.28. The van der Waals surface area contributed by atoms with E-state index in [1.807, 2.05) is 42.3 Å². The molecule has 0 bridgehead atoms. The van der Waals surface area contributed by atoms with E-state index >= 15 is 0 Å². The van der Waals surface area contributed by atoms with E-state index in [-0.39, 0.29) is 13.2 Å². The van der Waals surface area contributed by atoms with Gasteiger partial charge in [0.05, 0.1) is 68.7 Å². The van der Waals surface area contributed by atoms with Crippen LogP contribution in [-0.2, 0) is 27.2 Å². The van der Waals surface area contributed by atoms with Gasteiger partial charge in [-0.2, -0.15) is 0 Å². The first-order valence-corrected chi connectivity index (χ1v) is 12.7. The van der Waals surface area contributed by atoms with Gasteiger partial charge in [0.25, 0.3) is 0 Å². The molecule has 0 aliphatic heterocycles. The summed E-state index contributed by atoms with van der Waals surface area (Å²) in [6.07, 6.45) is -2.36. The van der Waals surface area contributed by atoms with Crippen LogP contribution in [0.4, 0.5) is 0 Å². The fourth-order valence-corrected chi connectivity index (χ4v) is 2.90. The number of rotatable bonds is 16. The summed E-state index contributed by atoms with van der Waals surface area (Å²) in [4.78, 5) is 18.3. The molecule has 14 nitrogen and oxygen atoms in total. The molecule has 0 saturated carbocycles. The maximum atomic E-state index is 11.2. The molecule has 0 aromatic carbocycles. The zero-order valence-electron chi connectivity index (χ0n) is 19.7. The number of hydrogen-bond acceptors (Lipinski definition) is 10. The number of quaternary nitrogens is 2. The molecule has 16 heteroatoms. The van der Waals surface area contributed by atoms with Crippen molar-refractivity contribution < 1.29 is 66.4 Å². The van der Waals surface area contributed by atoms with Gasteiger partial charge in [-0.15, -0.1) is 0 Å². The molecule has 32 heavy (non-hydrogen) atoms. The van der Waals surface area contributed by atoms with Crippen LogP contribution in [0.3, 0.4) is 0 Å². The summed E-state index contributed by atoms with van der Waals surface area (Å²) in [7, 11) is 3.26. The van der Waals surface area contributed by atoms with E-state index in [0.29, 0.717) is 22.1 Å². The molecule has 0 aromatic rings. The Balaban J connectivity index is 0. The smallest absolute Gasteiger partial charge is 0.394 e. The van der Waals surface area contributed by atoms with Crippen molar-refractivity contribution in [2.45, 2.75) is 12.2 Å². The van der Waals surface area contributed by atoms with Crippen molar-refractivity contribution in [1.29, 1.82) is 0 Å². The third-order valence-electron chi connectivity index (χ3n) is 3.31. The molecule has 0 saturated heterocycles. The Morgan fingerprint density at radius 3 is 1.16 bits per heavy atom. The van der Waals surface area contributed by atoms with Crippen LogP contribution >= 0.6 is 15.6 Å². The molecule has 4 atom stereocenters. The van der Waals surface area contributed by atoms with Crippen LogP contribution in [-0.4, -0.2) is 146 Å². The van der Waals surface area contributed by atoms with Gasteiger partial charge >= 0.3 is 15.6 Å². The number of likely N-dealkylation sites (N-methyl/N-ethyl adjacent to an activating group) is 2. The quantitative estimate of drug-likeness (QED) is 0.101. The second kappa shape index (κ2) is 15.8. The van der Waals surface area contributed by atoms with Gasteiger partial charge in [0, 0.05) is 0 Å². The lowest BCUT2D eigenvalue weighted by Gasteiger charge is -2.24. The minimum absolute atomic E-state index is 0.0759. The largest absolute Gasteiger partial charge is 0.472 e. The van der Waals surface area contributed by atoms with Gasteiger partial charge < -0.3 is 39.2 Å². The summed E-state index contributed by atoms with van der Waals surface area (Å²) in [6.45, 7) is -0.674. The van der Waals surface area contributed by atoms with Gasteiger partial charge in [-0.05, 0) is 0 Å². The Hall–Kier alpha value is -0.0200. The number of nitrogens with zero attached hydrogens (tertiary/aromatic N) is 2. The fourth-order valence-electron chi connectivity index (χ4n) is 1.40. The molecule has 0 spiro atoms. The molecular weight excluding hydrogens is 474 g/mol. The van der Waals surface area contributed by atoms with Gasteiger partial charge in [-0.3, -0.25) is 18.1 Å².